The Balaban J connectivity index is 1.53. The molecule has 1 fully saturated rings. The summed E-state index contributed by atoms with van der Waals surface area (Å²) in [6, 6.07) is 7.84. The van der Waals surface area contributed by atoms with Crippen molar-refractivity contribution in [2.24, 2.45) is 0 Å². The predicted octanol–water partition coefficient (Wildman–Crippen LogP) is 3.61. The minimum absolute atomic E-state index is 0.174. The zero-order chi connectivity index (χ0) is 18.7. The van der Waals surface area contributed by atoms with Gasteiger partial charge in [0.2, 0.25) is 0 Å². The summed E-state index contributed by atoms with van der Waals surface area (Å²) in [6.07, 6.45) is -2.13. The van der Waals surface area contributed by atoms with E-state index in [0.717, 1.165) is 18.9 Å². The number of nitrogens with zero attached hydrogens (tertiary/aromatic N) is 2. The molecule has 5 nitrogen and oxygen atoms in total. The molecule has 8 heteroatoms. The van der Waals surface area contributed by atoms with Crippen molar-refractivity contribution < 1.29 is 22.7 Å². The van der Waals surface area contributed by atoms with Crippen LogP contribution < -0.4 is 10.1 Å². The summed E-state index contributed by atoms with van der Waals surface area (Å²) in [4.78, 5) is 12.1. The third kappa shape index (κ3) is 4.36. The van der Waals surface area contributed by atoms with Crippen LogP contribution in [0.5, 0.6) is 5.75 Å². The van der Waals surface area contributed by atoms with Gasteiger partial charge in [0.1, 0.15) is 5.75 Å². The first-order valence-electron chi connectivity index (χ1n) is 8.45. The van der Waals surface area contributed by atoms with E-state index in [4.69, 9.17) is 4.74 Å². The molecule has 140 valence electrons. The quantitative estimate of drug-likeness (QED) is 0.761. The van der Waals surface area contributed by atoms with Crippen LogP contribution in [0.3, 0.4) is 0 Å². The average molecular weight is 367 g/mol. The van der Waals surface area contributed by atoms with Crippen molar-refractivity contribution in [3.63, 3.8) is 0 Å². The third-order valence-electron chi connectivity index (χ3n) is 4.28. The average Bonchev–Trinajstić information content (AvgIpc) is 3.37. The molecule has 0 spiro atoms. The topological polar surface area (TPSA) is 56.1 Å². The van der Waals surface area contributed by atoms with Crippen LogP contribution in [-0.2, 0) is 12.7 Å². The second-order valence-electron chi connectivity index (χ2n) is 6.29. The third-order valence-corrected chi connectivity index (χ3v) is 4.28. The number of carbonyl (C=O) groups excluding carboxylic acids is 1. The summed E-state index contributed by atoms with van der Waals surface area (Å²) in [5, 5.41) is 6.47. The van der Waals surface area contributed by atoms with Gasteiger partial charge in [-0.05, 0) is 49.6 Å². The number of ether oxygens (including phenoxy) is 1. The molecule has 1 aliphatic carbocycles. The second kappa shape index (κ2) is 7.39. The van der Waals surface area contributed by atoms with E-state index in [-0.39, 0.29) is 11.8 Å². The SMILES string of the molecule is COc1ccc(C(=O)NCCCn2nc(C(F)(F)F)cc2C2CC2)cc1. The summed E-state index contributed by atoms with van der Waals surface area (Å²) in [6.45, 7) is 0.695. The molecule has 2 aromatic rings. The van der Waals surface area contributed by atoms with Crippen LogP contribution in [0, 0.1) is 0 Å². The predicted molar refractivity (Wildman–Crippen MR) is 89.1 cm³/mol. The van der Waals surface area contributed by atoms with Crippen molar-refractivity contribution in [3.05, 3.63) is 47.3 Å². The first-order valence-corrected chi connectivity index (χ1v) is 8.45. The molecule has 0 atom stereocenters. The molecular weight excluding hydrogens is 347 g/mol. The number of aromatic nitrogens is 2. The normalized spacial score (nSPS) is 14.3. The van der Waals surface area contributed by atoms with Crippen molar-refractivity contribution in [1.82, 2.24) is 15.1 Å². The van der Waals surface area contributed by atoms with Crippen molar-refractivity contribution in [3.8, 4) is 5.75 Å². The van der Waals surface area contributed by atoms with E-state index in [9.17, 15) is 18.0 Å². The molecular formula is C18H20F3N3O2. The molecule has 1 aromatic heterocycles. The van der Waals surface area contributed by atoms with Gasteiger partial charge < -0.3 is 10.1 Å². The molecule has 0 unspecified atom stereocenters. The van der Waals surface area contributed by atoms with E-state index in [1.165, 1.54) is 4.68 Å². The fraction of sp³-hybridized carbons (Fsp3) is 0.444. The molecule has 1 aliphatic rings. The van der Waals surface area contributed by atoms with E-state index in [0.29, 0.717) is 36.5 Å². The number of methoxy groups -OCH3 is 1. The molecule has 1 aromatic carbocycles. The van der Waals surface area contributed by atoms with Crippen LogP contribution in [0.25, 0.3) is 0 Å². The van der Waals surface area contributed by atoms with E-state index in [1.807, 2.05) is 0 Å². The fourth-order valence-corrected chi connectivity index (χ4v) is 2.73. The standard InChI is InChI=1S/C18H20F3N3O2/c1-26-14-7-5-13(6-8-14)17(25)22-9-2-10-24-15(12-3-4-12)11-16(23-24)18(19,20)21/h5-8,11-12H,2-4,9-10H2,1H3,(H,22,25). The van der Waals surface area contributed by atoms with Gasteiger partial charge in [0, 0.05) is 30.3 Å². The van der Waals surface area contributed by atoms with Crippen LogP contribution in [-0.4, -0.2) is 29.3 Å². The molecule has 1 amide bonds. The Morgan fingerprint density at radius 1 is 1.31 bits per heavy atom. The van der Waals surface area contributed by atoms with E-state index in [2.05, 4.69) is 10.4 Å². The van der Waals surface area contributed by atoms with Gasteiger partial charge in [-0.2, -0.15) is 18.3 Å². The number of benzene rings is 1. The number of halogens is 3. The van der Waals surface area contributed by atoms with E-state index < -0.39 is 11.9 Å². The number of hydrogen-bond donors (Lipinski definition) is 1. The Morgan fingerprint density at radius 3 is 2.58 bits per heavy atom. The molecule has 1 heterocycles. The first kappa shape index (κ1) is 18.3. The van der Waals surface area contributed by atoms with Gasteiger partial charge in [-0.1, -0.05) is 0 Å². The number of alkyl halides is 3. The van der Waals surface area contributed by atoms with Crippen LogP contribution >= 0.6 is 0 Å². The highest BCUT2D eigenvalue weighted by molar-refractivity contribution is 5.94. The highest BCUT2D eigenvalue weighted by Gasteiger charge is 2.37. The highest BCUT2D eigenvalue weighted by atomic mass is 19.4. The van der Waals surface area contributed by atoms with Gasteiger partial charge in [-0.25, -0.2) is 0 Å². The lowest BCUT2D eigenvalue weighted by atomic mass is 10.2. The Bertz CT molecular complexity index is 765. The molecule has 1 saturated carbocycles. The van der Waals surface area contributed by atoms with E-state index >= 15 is 0 Å². The zero-order valence-corrected chi connectivity index (χ0v) is 14.3. The number of carbonyl (C=O) groups is 1. The first-order chi connectivity index (χ1) is 12.4. The van der Waals surface area contributed by atoms with Gasteiger partial charge in [-0.15, -0.1) is 0 Å². The maximum atomic E-state index is 12.9. The Hall–Kier alpha value is -2.51. The lowest BCUT2D eigenvalue weighted by Crippen LogP contribution is -2.25. The molecule has 1 N–H and O–H groups in total. The van der Waals surface area contributed by atoms with Gasteiger partial charge in [0.25, 0.3) is 5.91 Å². The van der Waals surface area contributed by atoms with Crippen LogP contribution in [0.2, 0.25) is 0 Å². The minimum atomic E-state index is -4.43. The monoisotopic (exact) mass is 367 g/mol. The summed E-state index contributed by atoms with van der Waals surface area (Å²) >= 11 is 0. The molecule has 0 aliphatic heterocycles. The fourth-order valence-electron chi connectivity index (χ4n) is 2.73. The smallest absolute Gasteiger partial charge is 0.435 e. The summed E-state index contributed by atoms with van der Waals surface area (Å²) in [7, 11) is 1.55. The van der Waals surface area contributed by atoms with Crippen LogP contribution in [0.4, 0.5) is 13.2 Å². The number of nitrogens with one attached hydrogen (secondary N) is 1. The van der Waals surface area contributed by atoms with Gasteiger partial charge in [0.05, 0.1) is 7.11 Å². The number of aryl methyl sites for hydroxylation is 1. The maximum absolute atomic E-state index is 12.9. The summed E-state index contributed by atoms with van der Waals surface area (Å²) < 4.78 is 45.0. The Labute approximate surface area is 149 Å². The van der Waals surface area contributed by atoms with Gasteiger partial charge in [0.15, 0.2) is 5.69 Å². The number of hydrogen-bond acceptors (Lipinski definition) is 3. The number of amides is 1. The van der Waals surface area contributed by atoms with Crippen LogP contribution in [0.1, 0.15) is 46.9 Å². The maximum Gasteiger partial charge on any atom is 0.435 e. The van der Waals surface area contributed by atoms with Crippen LogP contribution in [0.15, 0.2) is 30.3 Å². The molecule has 0 bridgehead atoms. The minimum Gasteiger partial charge on any atom is -0.497 e. The van der Waals surface area contributed by atoms with Crippen molar-refractivity contribution >= 4 is 5.91 Å². The zero-order valence-electron chi connectivity index (χ0n) is 14.3. The second-order valence-corrected chi connectivity index (χ2v) is 6.29. The summed E-state index contributed by atoms with van der Waals surface area (Å²) in [5.41, 5.74) is 0.295. The van der Waals surface area contributed by atoms with Crippen molar-refractivity contribution in [2.45, 2.75) is 37.9 Å². The summed E-state index contributed by atoms with van der Waals surface area (Å²) in [5.74, 6) is 0.604. The number of rotatable bonds is 7. The van der Waals surface area contributed by atoms with Crippen molar-refractivity contribution in [2.75, 3.05) is 13.7 Å². The van der Waals surface area contributed by atoms with Crippen molar-refractivity contribution in [1.29, 1.82) is 0 Å². The van der Waals surface area contributed by atoms with Gasteiger partial charge in [-0.3, -0.25) is 9.48 Å². The Kier molecular flexibility index (Phi) is 5.20. The molecule has 0 saturated heterocycles. The molecule has 0 radical (unpaired) electrons. The molecule has 3 rings (SSSR count). The largest absolute Gasteiger partial charge is 0.497 e. The highest BCUT2D eigenvalue weighted by Crippen LogP contribution is 2.42. The van der Waals surface area contributed by atoms with Gasteiger partial charge >= 0.3 is 6.18 Å². The van der Waals surface area contributed by atoms with E-state index in [1.54, 1.807) is 31.4 Å². The Morgan fingerprint density at radius 2 is 2.00 bits per heavy atom. The lowest BCUT2D eigenvalue weighted by Gasteiger charge is -2.08. The molecule has 26 heavy (non-hydrogen) atoms. The lowest BCUT2D eigenvalue weighted by molar-refractivity contribution is -0.141.